The van der Waals surface area contributed by atoms with Gasteiger partial charge in [-0.2, -0.15) is 0 Å². The normalized spacial score (nSPS) is 12.4. The van der Waals surface area contributed by atoms with Crippen LogP contribution < -0.4 is 11.3 Å². The van der Waals surface area contributed by atoms with Crippen molar-refractivity contribution in [1.82, 2.24) is 15.0 Å². The lowest BCUT2D eigenvalue weighted by molar-refractivity contribution is -0.131. The molecule has 0 aliphatic carbocycles. The van der Waals surface area contributed by atoms with Crippen molar-refractivity contribution >= 4 is 23.2 Å². The number of aromatic nitrogens is 2. The number of aromatic hydroxyl groups is 1. The van der Waals surface area contributed by atoms with Crippen molar-refractivity contribution in [2.75, 3.05) is 20.3 Å². The number of pyridine rings is 1. The highest BCUT2D eigenvalue weighted by atomic mass is 16.5. The minimum absolute atomic E-state index is 0.0341. The second kappa shape index (κ2) is 16.0. The average Bonchev–Trinajstić information content (AvgIpc) is 3.34. The number of nitrogens with one attached hydrogen (secondary N) is 1. The number of ketones is 1. The van der Waals surface area contributed by atoms with E-state index in [4.69, 9.17) is 15.3 Å². The van der Waals surface area contributed by atoms with Gasteiger partial charge in [-0.15, -0.1) is 0 Å². The summed E-state index contributed by atoms with van der Waals surface area (Å²) in [5, 5.41) is 11.8. The minimum atomic E-state index is -0.342. The quantitative estimate of drug-likeness (QED) is 0.0502. The van der Waals surface area contributed by atoms with Crippen molar-refractivity contribution in [3.05, 3.63) is 71.5 Å². The number of Topliss-reactive ketones (excluding diaryl/α,β-unsaturated/α-hetero) is 1. The molecule has 246 valence electrons. The number of rotatable bonds is 18. The number of phenols is 1. The van der Waals surface area contributed by atoms with Crippen LogP contribution >= 0.6 is 0 Å². The van der Waals surface area contributed by atoms with E-state index in [0.717, 1.165) is 69.5 Å². The van der Waals surface area contributed by atoms with Gasteiger partial charge >= 0.3 is 0 Å². The van der Waals surface area contributed by atoms with E-state index in [0.29, 0.717) is 38.9 Å². The molecule has 0 bridgehead atoms. The van der Waals surface area contributed by atoms with Crippen molar-refractivity contribution in [3.63, 3.8) is 0 Å². The molecule has 4 rings (SSSR count). The standard InChI is InChI=1S/C37H48N4O5/c1-6-41-34-13-12-27(28-17-26(18-29(43)19-28)11-14-35(44)25(2)9-7-16-40-38)20-31(34)32(21-37(3,4)23-46-24-42)36(41)30-10-8-15-39-33(30)22-45-5/h8,10,12-13,15,17-20,24-25,40,43H,6-7,9,11,14,16,21-23,38H2,1-5H3. The van der Waals surface area contributed by atoms with Crippen molar-refractivity contribution in [2.24, 2.45) is 17.2 Å². The number of benzene rings is 2. The third-order valence-corrected chi connectivity index (χ3v) is 8.59. The summed E-state index contributed by atoms with van der Waals surface area (Å²) < 4.78 is 13.1. The summed E-state index contributed by atoms with van der Waals surface area (Å²) in [7, 11) is 1.67. The van der Waals surface area contributed by atoms with Crippen LogP contribution in [0.15, 0.2) is 54.7 Å². The van der Waals surface area contributed by atoms with Gasteiger partial charge in [0.1, 0.15) is 11.5 Å². The van der Waals surface area contributed by atoms with Crippen molar-refractivity contribution < 1.29 is 24.2 Å². The number of carbonyl (C=O) groups excluding carboxylic acids is 2. The molecule has 0 radical (unpaired) electrons. The molecule has 0 aliphatic rings. The molecule has 0 fully saturated rings. The lowest BCUT2D eigenvalue weighted by Gasteiger charge is -2.24. The van der Waals surface area contributed by atoms with Crippen LogP contribution in [0.4, 0.5) is 0 Å². The Morgan fingerprint density at radius 3 is 2.70 bits per heavy atom. The molecule has 2 aromatic carbocycles. The van der Waals surface area contributed by atoms with Crippen LogP contribution in [-0.4, -0.2) is 47.2 Å². The van der Waals surface area contributed by atoms with E-state index in [1.807, 2.05) is 13.0 Å². The number of hydrogen-bond acceptors (Lipinski definition) is 8. The van der Waals surface area contributed by atoms with Crippen LogP contribution in [0, 0.1) is 11.3 Å². The maximum absolute atomic E-state index is 12.8. The Morgan fingerprint density at radius 2 is 1.98 bits per heavy atom. The van der Waals surface area contributed by atoms with E-state index < -0.39 is 0 Å². The van der Waals surface area contributed by atoms with Gasteiger partial charge in [0.25, 0.3) is 6.47 Å². The topological polar surface area (TPSA) is 129 Å². The summed E-state index contributed by atoms with van der Waals surface area (Å²) in [6.07, 6.45) is 5.04. The Morgan fingerprint density at radius 1 is 1.17 bits per heavy atom. The molecule has 0 spiro atoms. The van der Waals surface area contributed by atoms with Crippen LogP contribution in [0.3, 0.4) is 0 Å². The zero-order valence-electron chi connectivity index (χ0n) is 27.8. The first kappa shape index (κ1) is 34.8. The molecule has 2 aromatic heterocycles. The van der Waals surface area contributed by atoms with E-state index in [-0.39, 0.29) is 29.5 Å². The number of methoxy groups -OCH3 is 1. The lowest BCUT2D eigenvalue weighted by Crippen LogP contribution is -2.24. The summed E-state index contributed by atoms with van der Waals surface area (Å²) >= 11 is 0. The number of ether oxygens (including phenoxy) is 2. The number of hydrogen-bond donors (Lipinski definition) is 3. The zero-order chi connectivity index (χ0) is 33.3. The first-order valence-electron chi connectivity index (χ1n) is 16.1. The number of nitrogens with two attached hydrogens (primary N) is 1. The van der Waals surface area contributed by atoms with Gasteiger partial charge in [0, 0.05) is 60.6 Å². The smallest absolute Gasteiger partial charge is 0.293 e. The van der Waals surface area contributed by atoms with Gasteiger partial charge in [0.05, 0.1) is 24.6 Å². The maximum Gasteiger partial charge on any atom is 0.293 e. The molecule has 0 aliphatic heterocycles. The summed E-state index contributed by atoms with van der Waals surface area (Å²) in [6.45, 7) is 10.9. The van der Waals surface area contributed by atoms with Gasteiger partial charge in [0.2, 0.25) is 0 Å². The van der Waals surface area contributed by atoms with E-state index in [9.17, 15) is 14.7 Å². The molecule has 1 unspecified atom stereocenters. The number of nitrogens with zero attached hydrogens (tertiary/aromatic N) is 2. The molecule has 9 nitrogen and oxygen atoms in total. The highest BCUT2D eigenvalue weighted by Crippen LogP contribution is 2.41. The summed E-state index contributed by atoms with van der Waals surface area (Å²) in [5.74, 6) is 5.71. The molecule has 46 heavy (non-hydrogen) atoms. The Bertz CT molecular complexity index is 1640. The Hall–Kier alpha value is -4.05. The van der Waals surface area contributed by atoms with Crippen LogP contribution in [0.1, 0.15) is 63.8 Å². The molecular formula is C37H48N4O5. The molecule has 9 heteroatoms. The number of hydrazine groups is 1. The number of fused-ring (bicyclic) bond motifs is 1. The molecule has 4 aromatic rings. The molecule has 0 amide bonds. The van der Waals surface area contributed by atoms with Crippen molar-refractivity contribution in [1.29, 1.82) is 0 Å². The van der Waals surface area contributed by atoms with Crippen LogP contribution in [0.5, 0.6) is 5.75 Å². The number of carbonyl (C=O) groups is 2. The molecule has 4 N–H and O–H groups in total. The summed E-state index contributed by atoms with van der Waals surface area (Å²) in [4.78, 5) is 28.6. The van der Waals surface area contributed by atoms with E-state index in [2.05, 4.69) is 66.1 Å². The van der Waals surface area contributed by atoms with E-state index >= 15 is 0 Å². The molecule has 1 atom stereocenters. The highest BCUT2D eigenvalue weighted by Gasteiger charge is 2.28. The number of aryl methyl sites for hydroxylation is 2. The largest absolute Gasteiger partial charge is 0.508 e. The van der Waals surface area contributed by atoms with Gasteiger partial charge in [0.15, 0.2) is 0 Å². The fourth-order valence-corrected chi connectivity index (χ4v) is 6.28. The average molecular weight is 629 g/mol. The third kappa shape index (κ3) is 8.40. The monoisotopic (exact) mass is 628 g/mol. The van der Waals surface area contributed by atoms with Gasteiger partial charge in [-0.05, 0) is 91.3 Å². The predicted molar refractivity (Wildman–Crippen MR) is 182 cm³/mol. The maximum atomic E-state index is 12.8. The lowest BCUT2D eigenvalue weighted by atomic mass is 9.84. The Kier molecular flexibility index (Phi) is 12.1. The number of phenolic OH excluding ortho intramolecular Hbond substituents is 1. The molecule has 0 saturated heterocycles. The van der Waals surface area contributed by atoms with Crippen molar-refractivity contribution in [2.45, 2.75) is 73.0 Å². The molecule has 0 saturated carbocycles. The van der Waals surface area contributed by atoms with Crippen LogP contribution in [0.2, 0.25) is 0 Å². The van der Waals surface area contributed by atoms with Gasteiger partial charge < -0.3 is 19.1 Å². The molecular weight excluding hydrogens is 580 g/mol. The fourth-order valence-electron chi connectivity index (χ4n) is 6.28. The highest BCUT2D eigenvalue weighted by molar-refractivity contribution is 5.95. The van der Waals surface area contributed by atoms with Crippen LogP contribution in [-0.2, 0) is 45.1 Å². The molecule has 2 heterocycles. The SMILES string of the molecule is CCn1c(-c2cccnc2COC)c(CC(C)(C)COC=O)c2cc(-c3cc(O)cc(CCC(=O)C(C)CCCNN)c3)ccc21. The first-order valence-corrected chi connectivity index (χ1v) is 16.1. The van der Waals surface area contributed by atoms with Gasteiger partial charge in [-0.25, -0.2) is 0 Å². The predicted octanol–water partition coefficient (Wildman–Crippen LogP) is 6.37. The van der Waals surface area contributed by atoms with Crippen molar-refractivity contribution in [3.8, 4) is 28.1 Å². The van der Waals surface area contributed by atoms with Crippen LogP contribution in [0.25, 0.3) is 33.3 Å². The minimum Gasteiger partial charge on any atom is -0.508 e. The third-order valence-electron chi connectivity index (χ3n) is 8.59. The summed E-state index contributed by atoms with van der Waals surface area (Å²) in [5.41, 5.74) is 10.2. The Balaban J connectivity index is 1.79. The van der Waals surface area contributed by atoms with E-state index in [1.165, 1.54) is 0 Å². The van der Waals surface area contributed by atoms with Gasteiger partial charge in [-0.3, -0.25) is 25.8 Å². The Labute approximate surface area is 272 Å². The summed E-state index contributed by atoms with van der Waals surface area (Å²) in [6, 6.07) is 16.0. The first-order chi connectivity index (χ1) is 22.1. The second-order valence-electron chi connectivity index (χ2n) is 12.8. The zero-order valence-corrected chi connectivity index (χ0v) is 27.8. The van der Waals surface area contributed by atoms with Gasteiger partial charge in [-0.1, -0.05) is 32.9 Å². The second-order valence-corrected chi connectivity index (χ2v) is 12.8. The fraction of sp³-hybridized carbons (Fsp3) is 0.432. The van der Waals surface area contributed by atoms with E-state index in [1.54, 1.807) is 25.4 Å².